The Morgan fingerprint density at radius 1 is 1.36 bits per heavy atom. The molecule has 0 fully saturated rings. The average Bonchev–Trinajstić information content (AvgIpc) is 3.01. The number of benzene rings is 2. The van der Waals surface area contributed by atoms with Crippen molar-refractivity contribution in [1.82, 2.24) is 4.98 Å². The highest BCUT2D eigenvalue weighted by Crippen LogP contribution is 2.46. The average molecular weight is 314 g/mol. The van der Waals surface area contributed by atoms with Crippen LogP contribution >= 0.6 is 11.6 Å². The number of ether oxygens (including phenoxy) is 1. The van der Waals surface area contributed by atoms with Gasteiger partial charge in [-0.05, 0) is 35.4 Å². The summed E-state index contributed by atoms with van der Waals surface area (Å²) in [4.78, 5) is 14.8. The number of aromatic amines is 1. The minimum absolute atomic E-state index is 0.313. The zero-order valence-electron chi connectivity index (χ0n) is 11.7. The van der Waals surface area contributed by atoms with E-state index < -0.39 is 5.97 Å². The zero-order valence-corrected chi connectivity index (χ0v) is 12.5. The summed E-state index contributed by atoms with van der Waals surface area (Å²) in [6.45, 7) is 0. The molecule has 1 aliphatic carbocycles. The molecule has 0 spiro atoms. The highest BCUT2D eigenvalue weighted by Gasteiger charge is 2.28. The predicted octanol–water partition coefficient (Wildman–Crippen LogP) is 4.10. The van der Waals surface area contributed by atoms with Crippen molar-refractivity contribution < 1.29 is 14.6 Å². The van der Waals surface area contributed by atoms with Gasteiger partial charge in [0.15, 0.2) is 0 Å². The lowest BCUT2D eigenvalue weighted by Crippen LogP contribution is -1.97. The topological polar surface area (TPSA) is 62.3 Å². The van der Waals surface area contributed by atoms with E-state index in [1.807, 2.05) is 12.1 Å². The fraction of sp³-hybridized carbons (Fsp3) is 0.118. The van der Waals surface area contributed by atoms with Crippen LogP contribution < -0.4 is 4.74 Å². The van der Waals surface area contributed by atoms with Gasteiger partial charge >= 0.3 is 5.97 Å². The number of aromatic carboxylic acids is 1. The smallest absolute Gasteiger partial charge is 0.336 e. The maximum absolute atomic E-state index is 11.5. The van der Waals surface area contributed by atoms with Gasteiger partial charge in [0.25, 0.3) is 0 Å². The molecule has 0 saturated carbocycles. The molecule has 0 unspecified atom stereocenters. The number of carbonyl (C=O) groups is 1. The van der Waals surface area contributed by atoms with E-state index in [-0.39, 0.29) is 0 Å². The summed E-state index contributed by atoms with van der Waals surface area (Å²) in [7, 11) is 1.61. The highest BCUT2D eigenvalue weighted by atomic mass is 35.5. The Labute approximate surface area is 131 Å². The Morgan fingerprint density at radius 2 is 2.18 bits per heavy atom. The second-order valence-corrected chi connectivity index (χ2v) is 5.77. The Morgan fingerprint density at radius 3 is 2.91 bits per heavy atom. The van der Waals surface area contributed by atoms with E-state index in [2.05, 4.69) is 4.98 Å². The minimum Gasteiger partial charge on any atom is -0.496 e. The van der Waals surface area contributed by atoms with E-state index in [9.17, 15) is 9.90 Å². The van der Waals surface area contributed by atoms with Crippen LogP contribution in [0.25, 0.3) is 22.2 Å². The lowest BCUT2D eigenvalue weighted by atomic mass is 10.0. The molecular weight excluding hydrogens is 302 g/mol. The van der Waals surface area contributed by atoms with Crippen molar-refractivity contribution in [2.75, 3.05) is 7.11 Å². The Kier molecular flexibility index (Phi) is 2.71. The Hall–Kier alpha value is -2.46. The number of halogens is 1. The number of aromatic nitrogens is 1. The fourth-order valence-corrected chi connectivity index (χ4v) is 3.53. The number of rotatable bonds is 2. The molecule has 0 aliphatic heterocycles. The summed E-state index contributed by atoms with van der Waals surface area (Å²) in [6.07, 6.45) is 0.645. The van der Waals surface area contributed by atoms with Crippen molar-refractivity contribution in [3.63, 3.8) is 0 Å². The van der Waals surface area contributed by atoms with Gasteiger partial charge in [0, 0.05) is 27.9 Å². The van der Waals surface area contributed by atoms with Crippen molar-refractivity contribution in [2.45, 2.75) is 6.42 Å². The summed E-state index contributed by atoms with van der Waals surface area (Å²) in [6, 6.07) is 8.95. The maximum Gasteiger partial charge on any atom is 0.336 e. The van der Waals surface area contributed by atoms with Crippen molar-refractivity contribution in [3.8, 4) is 17.0 Å². The number of hydrogen-bond donors (Lipinski definition) is 2. The number of nitrogens with one attached hydrogen (secondary N) is 1. The summed E-state index contributed by atoms with van der Waals surface area (Å²) in [5, 5.41) is 10.8. The van der Waals surface area contributed by atoms with Gasteiger partial charge in [-0.2, -0.15) is 0 Å². The van der Waals surface area contributed by atoms with Crippen LogP contribution in [0.2, 0.25) is 5.02 Å². The van der Waals surface area contributed by atoms with Crippen LogP contribution in [0.4, 0.5) is 0 Å². The zero-order chi connectivity index (χ0) is 15.4. The SMILES string of the molecule is COc1cc(Cl)cc2c1-c1[nH]c3cccc(C(=O)O)c3c1C2. The van der Waals surface area contributed by atoms with Crippen LogP contribution in [0, 0.1) is 0 Å². The quantitative estimate of drug-likeness (QED) is 0.585. The molecule has 0 amide bonds. The number of carboxylic acid groups (broad SMARTS) is 1. The number of H-pyrrole nitrogens is 1. The van der Waals surface area contributed by atoms with E-state index in [1.165, 1.54) is 0 Å². The van der Waals surface area contributed by atoms with Crippen LogP contribution in [0.3, 0.4) is 0 Å². The lowest BCUT2D eigenvalue weighted by Gasteiger charge is -2.08. The monoisotopic (exact) mass is 313 g/mol. The van der Waals surface area contributed by atoms with E-state index in [0.717, 1.165) is 33.3 Å². The first-order valence-corrected chi connectivity index (χ1v) is 7.21. The number of carboxylic acids is 1. The number of fused-ring (bicyclic) bond motifs is 5. The second kappa shape index (κ2) is 4.52. The first-order chi connectivity index (χ1) is 10.6. The van der Waals surface area contributed by atoms with Crippen LogP contribution in [-0.2, 0) is 6.42 Å². The largest absolute Gasteiger partial charge is 0.496 e. The molecule has 1 aromatic heterocycles. The van der Waals surface area contributed by atoms with Gasteiger partial charge in [-0.1, -0.05) is 17.7 Å². The molecule has 5 heteroatoms. The molecule has 2 aromatic carbocycles. The van der Waals surface area contributed by atoms with Crippen LogP contribution in [0.15, 0.2) is 30.3 Å². The Balaban J connectivity index is 2.07. The molecule has 22 heavy (non-hydrogen) atoms. The first-order valence-electron chi connectivity index (χ1n) is 6.83. The van der Waals surface area contributed by atoms with Crippen molar-refractivity contribution in [2.24, 2.45) is 0 Å². The van der Waals surface area contributed by atoms with Gasteiger partial charge in [-0.25, -0.2) is 4.79 Å². The third-order valence-corrected chi connectivity index (χ3v) is 4.36. The Bertz CT molecular complexity index is 943. The summed E-state index contributed by atoms with van der Waals surface area (Å²) in [5.41, 5.74) is 5.07. The predicted molar refractivity (Wildman–Crippen MR) is 85.1 cm³/mol. The van der Waals surface area contributed by atoms with Crippen LogP contribution in [-0.4, -0.2) is 23.2 Å². The molecule has 0 radical (unpaired) electrons. The molecule has 4 nitrogen and oxygen atoms in total. The van der Waals surface area contributed by atoms with Gasteiger partial charge in [0.2, 0.25) is 0 Å². The van der Waals surface area contributed by atoms with Gasteiger partial charge in [0.1, 0.15) is 5.75 Å². The third-order valence-electron chi connectivity index (χ3n) is 4.14. The van der Waals surface area contributed by atoms with E-state index in [0.29, 0.717) is 22.8 Å². The highest BCUT2D eigenvalue weighted by molar-refractivity contribution is 6.31. The molecular formula is C17H12ClNO3. The van der Waals surface area contributed by atoms with Crippen molar-refractivity contribution >= 4 is 28.5 Å². The fourth-order valence-electron chi connectivity index (χ4n) is 3.30. The molecule has 2 N–H and O–H groups in total. The van der Waals surface area contributed by atoms with Gasteiger partial charge in [0.05, 0.1) is 18.4 Å². The van der Waals surface area contributed by atoms with Crippen molar-refractivity contribution in [3.05, 3.63) is 52.0 Å². The van der Waals surface area contributed by atoms with Crippen LogP contribution in [0.5, 0.6) is 5.75 Å². The molecule has 3 aromatic rings. The first kappa shape index (κ1) is 13.2. The molecule has 0 saturated heterocycles. The molecule has 1 heterocycles. The third kappa shape index (κ3) is 1.67. The standard InChI is InChI=1S/C17H12ClNO3/c1-22-13-7-9(18)5-8-6-11-15-10(17(20)21)3-2-4-12(15)19-16(11)14(8)13/h2-5,7,19H,6H2,1H3,(H,20,21). The molecule has 110 valence electrons. The molecule has 0 bridgehead atoms. The number of hydrogen-bond acceptors (Lipinski definition) is 2. The maximum atomic E-state index is 11.5. The van der Waals surface area contributed by atoms with Crippen molar-refractivity contribution in [1.29, 1.82) is 0 Å². The normalized spacial score (nSPS) is 12.3. The van der Waals surface area contributed by atoms with Gasteiger partial charge in [-0.15, -0.1) is 0 Å². The van der Waals surface area contributed by atoms with Gasteiger partial charge < -0.3 is 14.8 Å². The summed E-state index contributed by atoms with van der Waals surface area (Å²) < 4.78 is 5.45. The molecule has 1 aliphatic rings. The summed E-state index contributed by atoms with van der Waals surface area (Å²) >= 11 is 6.13. The van der Waals surface area contributed by atoms with E-state index >= 15 is 0 Å². The second-order valence-electron chi connectivity index (χ2n) is 5.33. The summed E-state index contributed by atoms with van der Waals surface area (Å²) in [5.74, 6) is -0.224. The van der Waals surface area contributed by atoms with Crippen LogP contribution in [0.1, 0.15) is 21.5 Å². The molecule has 0 atom stereocenters. The number of methoxy groups -OCH3 is 1. The lowest BCUT2D eigenvalue weighted by molar-refractivity contribution is 0.0699. The van der Waals surface area contributed by atoms with E-state index in [1.54, 1.807) is 25.3 Å². The minimum atomic E-state index is -0.923. The molecule has 4 rings (SSSR count). The van der Waals surface area contributed by atoms with Gasteiger partial charge in [-0.3, -0.25) is 0 Å². The van der Waals surface area contributed by atoms with E-state index in [4.69, 9.17) is 16.3 Å².